The van der Waals surface area contributed by atoms with Gasteiger partial charge in [0.15, 0.2) is 21.6 Å². The van der Waals surface area contributed by atoms with E-state index in [2.05, 4.69) is 56.1 Å². The van der Waals surface area contributed by atoms with Gasteiger partial charge in [-0.2, -0.15) is 10.2 Å². The van der Waals surface area contributed by atoms with E-state index < -0.39 is 68.7 Å². The van der Waals surface area contributed by atoms with Crippen LogP contribution in [0.25, 0.3) is 21.4 Å². The summed E-state index contributed by atoms with van der Waals surface area (Å²) in [5, 5.41) is 33.5. The number of halogens is 7. The number of aromatic nitrogens is 10. The van der Waals surface area contributed by atoms with Gasteiger partial charge in [0.25, 0.3) is 11.1 Å². The number of aromatic amines is 4. The van der Waals surface area contributed by atoms with Crippen molar-refractivity contribution in [3.8, 4) is 21.4 Å². The molecule has 61 heavy (non-hydrogen) atoms. The Kier molecular flexibility index (Phi) is 13.7. The number of hydrogen-bond acceptors (Lipinski definition) is 13. The van der Waals surface area contributed by atoms with Crippen LogP contribution in [0.3, 0.4) is 0 Å². The first-order valence-electron chi connectivity index (χ1n) is 16.8. The molecule has 25 heteroatoms. The van der Waals surface area contributed by atoms with E-state index in [1.807, 2.05) is 6.07 Å². The van der Waals surface area contributed by atoms with Crippen molar-refractivity contribution in [2.24, 2.45) is 5.73 Å². The van der Waals surface area contributed by atoms with Crippen LogP contribution in [0.4, 0.5) is 26.3 Å². The lowest BCUT2D eigenvalue weighted by atomic mass is 10.0. The highest BCUT2D eigenvalue weighted by Gasteiger charge is 2.24. The summed E-state index contributed by atoms with van der Waals surface area (Å²) in [5.41, 5.74) is 4.78. The van der Waals surface area contributed by atoms with E-state index in [1.54, 1.807) is 18.5 Å². The van der Waals surface area contributed by atoms with Crippen LogP contribution in [0.2, 0.25) is 0 Å². The van der Waals surface area contributed by atoms with E-state index in [0.29, 0.717) is 46.5 Å². The Morgan fingerprint density at radius 3 is 1.49 bits per heavy atom. The van der Waals surface area contributed by atoms with Crippen molar-refractivity contribution in [1.82, 2.24) is 56.1 Å². The Bertz CT molecular complexity index is 2800. The topological polar surface area (TPSA) is 247 Å². The zero-order valence-electron chi connectivity index (χ0n) is 30.2. The van der Waals surface area contributed by atoms with Crippen LogP contribution < -0.4 is 11.1 Å². The minimum Gasteiger partial charge on any atom is -0.357 e. The molecule has 7 N–H and O–H groups in total. The molecule has 0 aliphatic heterocycles. The lowest BCUT2D eigenvalue weighted by molar-refractivity contribution is 0.0945. The van der Waals surface area contributed by atoms with E-state index >= 15 is 0 Å². The highest BCUT2D eigenvalue weighted by molar-refractivity contribution is 7.14. The largest absolute Gasteiger partial charge is 0.357 e. The molecule has 16 nitrogen and oxygen atoms in total. The Balaban J connectivity index is 0.000000170. The summed E-state index contributed by atoms with van der Waals surface area (Å²) in [4.78, 5) is 52.3. The van der Waals surface area contributed by atoms with Crippen LogP contribution in [0.5, 0.6) is 0 Å². The molecule has 0 aliphatic rings. The number of carbonyl (C=O) groups is 4. The summed E-state index contributed by atoms with van der Waals surface area (Å²) in [6, 6.07) is 7.41. The molecule has 2 aromatic carbocycles. The molecule has 0 radical (unpaired) electrons. The third-order valence-electron chi connectivity index (χ3n) is 7.79. The van der Waals surface area contributed by atoms with Crippen molar-refractivity contribution >= 4 is 57.0 Å². The van der Waals surface area contributed by atoms with Crippen molar-refractivity contribution in [2.45, 2.75) is 13.1 Å². The molecule has 8 aromatic rings. The number of rotatable bonds is 11. The average molecular weight is 901 g/mol. The third-order valence-corrected chi connectivity index (χ3v) is 9.92. The Labute approximate surface area is 349 Å². The van der Waals surface area contributed by atoms with Gasteiger partial charge in [-0.15, -0.1) is 20.4 Å². The Hall–Kier alpha value is -7.15. The second-order valence-corrected chi connectivity index (χ2v) is 14.3. The molecule has 8 rings (SSSR count). The fourth-order valence-electron chi connectivity index (χ4n) is 4.98. The first-order valence-corrected chi connectivity index (χ1v) is 18.8. The van der Waals surface area contributed by atoms with Crippen molar-refractivity contribution in [2.75, 3.05) is 0 Å². The molecule has 0 fully saturated rings. The van der Waals surface area contributed by atoms with Crippen molar-refractivity contribution in [1.29, 1.82) is 0 Å². The molecule has 0 saturated carbocycles. The number of hydrogen-bond donors (Lipinski definition) is 6. The van der Waals surface area contributed by atoms with Gasteiger partial charge in [-0.05, 0) is 35.9 Å². The first kappa shape index (κ1) is 43.4. The maximum atomic E-state index is 13.8. The fraction of sp³-hybridized carbons (Fsp3) is 0.0556. The van der Waals surface area contributed by atoms with E-state index in [-0.39, 0.29) is 29.1 Å². The van der Waals surface area contributed by atoms with Crippen molar-refractivity contribution < 1.29 is 45.5 Å². The third kappa shape index (κ3) is 10.5. The summed E-state index contributed by atoms with van der Waals surface area (Å²) in [6.07, 6.45) is 5.48. The number of nitrogens with two attached hydrogens (primary N) is 1. The molecule has 0 saturated heterocycles. The SMILES string of the molecule is NCc1nnc(-c2ccn[nH]2)s1.O=C(Cl)c1cc(C(=O)c2c(F)cc(F)cc2F)c[nH]1.O=C(NCc1nnc(-c2ccn[nH]2)s1)c1cc(C(=O)c2c(F)cc(F)cc2F)c[nH]1. The minimum atomic E-state index is -1.32. The van der Waals surface area contributed by atoms with Gasteiger partial charge in [-0.3, -0.25) is 29.4 Å². The fourth-order valence-corrected chi connectivity index (χ4v) is 6.54. The monoisotopic (exact) mass is 900 g/mol. The number of H-pyrrole nitrogens is 4. The quantitative estimate of drug-likeness (QED) is 0.0480. The van der Waals surface area contributed by atoms with Crippen LogP contribution in [0.15, 0.2) is 73.3 Å². The summed E-state index contributed by atoms with van der Waals surface area (Å²) < 4.78 is 80.2. The van der Waals surface area contributed by atoms with Gasteiger partial charge < -0.3 is 21.0 Å². The van der Waals surface area contributed by atoms with Crippen LogP contribution in [-0.4, -0.2) is 73.5 Å². The van der Waals surface area contributed by atoms with Gasteiger partial charge in [-0.25, -0.2) is 26.3 Å². The summed E-state index contributed by atoms with van der Waals surface area (Å²) in [7, 11) is 0. The van der Waals surface area contributed by atoms with Gasteiger partial charge in [0.1, 0.15) is 50.6 Å². The maximum absolute atomic E-state index is 13.8. The van der Waals surface area contributed by atoms with Gasteiger partial charge >= 0.3 is 0 Å². The average Bonchev–Trinajstić information content (AvgIpc) is 4.07. The molecule has 0 aliphatic carbocycles. The lowest BCUT2D eigenvalue weighted by Gasteiger charge is -2.03. The smallest absolute Gasteiger partial charge is 0.268 e. The normalized spacial score (nSPS) is 10.7. The highest BCUT2D eigenvalue weighted by Crippen LogP contribution is 2.23. The number of ketones is 2. The van der Waals surface area contributed by atoms with Gasteiger partial charge in [0.2, 0.25) is 0 Å². The summed E-state index contributed by atoms with van der Waals surface area (Å²) >= 11 is 7.90. The molecular formula is C36H23ClF6N12O4S2. The number of nitrogens with zero attached hydrogens (tertiary/aromatic N) is 6. The molecule has 0 spiro atoms. The van der Waals surface area contributed by atoms with E-state index in [9.17, 15) is 45.5 Å². The molecule has 0 atom stereocenters. The maximum Gasteiger partial charge on any atom is 0.268 e. The number of carbonyl (C=O) groups excluding carboxylic acids is 4. The molecule has 6 heterocycles. The number of amides is 1. The Morgan fingerprint density at radius 2 is 1.08 bits per heavy atom. The second-order valence-electron chi connectivity index (χ2n) is 11.9. The lowest BCUT2D eigenvalue weighted by Crippen LogP contribution is -2.23. The first-order chi connectivity index (χ1) is 29.2. The van der Waals surface area contributed by atoms with Gasteiger partial charge in [-0.1, -0.05) is 22.7 Å². The molecule has 6 aromatic heterocycles. The molecule has 0 bridgehead atoms. The van der Waals surface area contributed by atoms with Crippen LogP contribution in [0, 0.1) is 34.9 Å². The summed E-state index contributed by atoms with van der Waals surface area (Å²) in [6.45, 7) is 0.514. The van der Waals surface area contributed by atoms with E-state index in [0.717, 1.165) is 40.2 Å². The second kappa shape index (κ2) is 19.3. The number of nitrogens with one attached hydrogen (secondary N) is 5. The van der Waals surface area contributed by atoms with Crippen molar-refractivity contribution in [3.05, 3.63) is 152 Å². The number of benzene rings is 2. The zero-order valence-corrected chi connectivity index (χ0v) is 32.6. The van der Waals surface area contributed by atoms with Crippen molar-refractivity contribution in [3.63, 3.8) is 0 Å². The van der Waals surface area contributed by atoms with Gasteiger partial charge in [0, 0.05) is 66.7 Å². The minimum absolute atomic E-state index is 0.000385. The van der Waals surface area contributed by atoms with E-state index in [1.165, 1.54) is 22.7 Å². The molecule has 0 unspecified atom stereocenters. The highest BCUT2D eigenvalue weighted by atomic mass is 35.5. The molecular weight excluding hydrogens is 878 g/mol. The zero-order chi connectivity index (χ0) is 43.8. The standard InChI is InChI=1S/C18H11F3N6O2S.C12H5ClF3NO2.C6H7N5S/c19-9-4-10(20)15(11(21)5-9)16(28)8-3-13(22-6-8)17(29)23-7-14-26-27-18(30-14)12-1-2-24-25-12;13-12(19)9-1-5(4-17-9)11(18)10-7(15)2-6(14)3-8(10)16;7-3-5-10-11-6(12-5)4-1-2-8-9-4/h1-6,22H,7H2,(H,23,29)(H,24,25);1-4,17H;1-2H,3,7H2,(H,8,9). The van der Waals surface area contributed by atoms with Crippen LogP contribution in [-0.2, 0) is 13.1 Å². The molecule has 312 valence electrons. The van der Waals surface area contributed by atoms with Crippen LogP contribution in [0.1, 0.15) is 62.8 Å². The van der Waals surface area contributed by atoms with Gasteiger partial charge in [0.05, 0.1) is 34.8 Å². The Morgan fingerprint density at radius 1 is 0.639 bits per heavy atom. The molecule has 1 amide bonds. The van der Waals surface area contributed by atoms with E-state index in [4.69, 9.17) is 17.3 Å². The summed E-state index contributed by atoms with van der Waals surface area (Å²) in [5.74, 6) is -10.1. The van der Waals surface area contributed by atoms with Crippen LogP contribution >= 0.6 is 34.3 Å². The predicted molar refractivity (Wildman–Crippen MR) is 205 cm³/mol. The predicted octanol–water partition coefficient (Wildman–Crippen LogP) is 6.26.